The van der Waals surface area contributed by atoms with E-state index in [1.807, 2.05) is 49.4 Å². The van der Waals surface area contributed by atoms with Crippen molar-refractivity contribution in [2.75, 3.05) is 0 Å². The fraction of sp³-hybridized carbons (Fsp3) is 0.348. The molecule has 26 heavy (non-hydrogen) atoms. The Morgan fingerprint density at radius 2 is 1.77 bits per heavy atom. The summed E-state index contributed by atoms with van der Waals surface area (Å²) in [6, 6.07) is 16.3. The van der Waals surface area contributed by atoms with Gasteiger partial charge in [-0.25, -0.2) is 0 Å². The monoisotopic (exact) mass is 416 g/mol. The molecule has 0 fully saturated rings. The molecule has 1 atom stereocenters. The maximum absolute atomic E-state index is 15.7. The number of Topliss-reactive ketones (excluding diaryl/α,β-unsaturated/α-hetero) is 1. The molecule has 0 saturated heterocycles. The van der Waals surface area contributed by atoms with Gasteiger partial charge in [-0.2, -0.15) is 0 Å². The van der Waals surface area contributed by atoms with Crippen molar-refractivity contribution in [2.24, 2.45) is 0 Å². The number of unbranched alkanes of at least 4 members (excludes halogenated alkanes) is 1. The third-order valence-electron chi connectivity index (χ3n) is 4.09. The summed E-state index contributed by atoms with van der Waals surface area (Å²) in [5.74, 6) is 5.00. The Hall–Kier alpha value is -1.88. The molecule has 0 aliphatic heterocycles. The predicted molar refractivity (Wildman–Crippen MR) is 108 cm³/mol. The Balaban J connectivity index is 2.21. The van der Waals surface area contributed by atoms with Gasteiger partial charge in [0.2, 0.25) is 0 Å². The zero-order valence-electron chi connectivity index (χ0n) is 15.4. The summed E-state index contributed by atoms with van der Waals surface area (Å²) in [5, 5.41) is 1.86. The van der Waals surface area contributed by atoms with Gasteiger partial charge >= 0.3 is 162 Å². The Bertz CT molecular complexity index is 758. The molecule has 3 heteroatoms. The van der Waals surface area contributed by atoms with Crippen molar-refractivity contribution in [3.05, 3.63) is 71.3 Å². The second-order valence-electron chi connectivity index (χ2n) is 6.33. The van der Waals surface area contributed by atoms with E-state index in [1.165, 1.54) is 6.42 Å². The zero-order chi connectivity index (χ0) is 18.8. The van der Waals surface area contributed by atoms with Crippen LogP contribution in [-0.4, -0.2) is 26.4 Å². The number of rotatable bonds is 8. The quantitative estimate of drug-likeness (QED) is 0.235. The first kappa shape index (κ1) is 20.4. The average Bonchev–Trinajstić information content (AvgIpc) is 2.67. The van der Waals surface area contributed by atoms with Crippen molar-refractivity contribution in [1.29, 1.82) is 0 Å². The molecule has 1 nitrogen and oxygen atoms in total. The number of benzene rings is 2. The van der Waals surface area contributed by atoms with E-state index >= 15 is 4.39 Å². The molecule has 0 bridgehead atoms. The van der Waals surface area contributed by atoms with Gasteiger partial charge in [-0.05, 0) is 0 Å². The van der Waals surface area contributed by atoms with Gasteiger partial charge in [0.05, 0.1) is 0 Å². The van der Waals surface area contributed by atoms with Crippen LogP contribution in [0.4, 0.5) is 4.39 Å². The zero-order valence-corrected chi connectivity index (χ0v) is 17.1. The van der Waals surface area contributed by atoms with Crippen molar-refractivity contribution >= 4 is 20.7 Å². The van der Waals surface area contributed by atoms with Gasteiger partial charge in [0.1, 0.15) is 0 Å². The molecule has 1 unspecified atom stereocenters. The van der Waals surface area contributed by atoms with Gasteiger partial charge in [0.25, 0.3) is 0 Å². The number of hydrogen-bond donors (Lipinski definition) is 0. The molecule has 0 N–H and O–H groups in total. The number of carbonyl (C=O) groups excluding carboxylic acids is 1. The van der Waals surface area contributed by atoms with Crippen LogP contribution in [0.5, 0.6) is 0 Å². The molecule has 0 spiro atoms. The number of hydrogen-bond acceptors (Lipinski definition) is 1. The van der Waals surface area contributed by atoms with Crippen LogP contribution < -0.4 is 0 Å². The van der Waals surface area contributed by atoms with E-state index in [9.17, 15) is 4.79 Å². The fourth-order valence-corrected chi connectivity index (χ4v) is 4.78. The van der Waals surface area contributed by atoms with E-state index in [0.717, 1.165) is 28.2 Å². The second-order valence-corrected chi connectivity index (χ2v) is 8.90. The fourth-order valence-electron chi connectivity index (χ4n) is 2.42. The molecule has 2 aromatic rings. The normalized spacial score (nSPS) is 12.7. The van der Waals surface area contributed by atoms with Crippen LogP contribution in [0.25, 0.3) is 0 Å². The minimum atomic E-state index is -2.13. The number of aryl methyl sites for hydroxylation is 1. The summed E-state index contributed by atoms with van der Waals surface area (Å²) in [5.41, 5.74) is 0.0347. The van der Waals surface area contributed by atoms with Gasteiger partial charge in [-0.15, -0.1) is 0 Å². The molecular weight excluding hydrogens is 390 g/mol. The predicted octanol–water partition coefficient (Wildman–Crippen LogP) is 5.67. The van der Waals surface area contributed by atoms with E-state index < -0.39 is 11.5 Å². The SMILES string of the molecule is CCCC[Se]CCC(F)(C#Cc1ccccc1)C(=O)c1ccc(C)cc1. The van der Waals surface area contributed by atoms with Crippen molar-refractivity contribution in [1.82, 2.24) is 0 Å². The minimum absolute atomic E-state index is 0.170. The summed E-state index contributed by atoms with van der Waals surface area (Å²) in [7, 11) is 0. The van der Waals surface area contributed by atoms with E-state index in [2.05, 4.69) is 18.8 Å². The molecule has 0 heterocycles. The molecule has 0 amide bonds. The number of carbonyl (C=O) groups is 1. The first-order valence-electron chi connectivity index (χ1n) is 9.01. The van der Waals surface area contributed by atoms with Gasteiger partial charge < -0.3 is 0 Å². The third kappa shape index (κ3) is 6.13. The first-order chi connectivity index (χ1) is 12.5. The van der Waals surface area contributed by atoms with E-state index in [1.54, 1.807) is 12.1 Å². The van der Waals surface area contributed by atoms with Crippen LogP contribution >= 0.6 is 0 Å². The van der Waals surface area contributed by atoms with Crippen molar-refractivity contribution in [3.63, 3.8) is 0 Å². The van der Waals surface area contributed by atoms with E-state index in [0.29, 0.717) is 20.5 Å². The molecule has 2 aromatic carbocycles. The Kier molecular flexibility index (Phi) is 8.10. The average molecular weight is 415 g/mol. The van der Waals surface area contributed by atoms with Crippen LogP contribution in [-0.2, 0) is 0 Å². The van der Waals surface area contributed by atoms with Crippen molar-refractivity contribution in [2.45, 2.75) is 49.4 Å². The van der Waals surface area contributed by atoms with Crippen molar-refractivity contribution in [3.8, 4) is 11.8 Å². The summed E-state index contributed by atoms with van der Waals surface area (Å²) in [6.45, 7) is 4.10. The number of ketones is 1. The van der Waals surface area contributed by atoms with Crippen molar-refractivity contribution < 1.29 is 9.18 Å². The summed E-state index contributed by atoms with van der Waals surface area (Å²) in [4.78, 5) is 12.8. The molecule has 0 saturated carbocycles. The van der Waals surface area contributed by atoms with Gasteiger partial charge in [-0.3, -0.25) is 0 Å². The number of halogens is 1. The van der Waals surface area contributed by atoms with Crippen LogP contribution in [0, 0.1) is 18.8 Å². The van der Waals surface area contributed by atoms with E-state index in [4.69, 9.17) is 0 Å². The summed E-state index contributed by atoms with van der Waals surface area (Å²) in [6.07, 6.45) is 2.49. The van der Waals surface area contributed by atoms with Crippen LogP contribution in [0.15, 0.2) is 54.6 Å². The first-order valence-corrected chi connectivity index (χ1v) is 11.4. The molecule has 0 aliphatic rings. The second kappa shape index (κ2) is 10.3. The van der Waals surface area contributed by atoms with Gasteiger partial charge in [0, 0.05) is 0 Å². The van der Waals surface area contributed by atoms with Gasteiger partial charge in [0.15, 0.2) is 0 Å². The molecule has 0 radical (unpaired) electrons. The summed E-state index contributed by atoms with van der Waals surface area (Å²) < 4.78 is 15.7. The van der Waals surface area contributed by atoms with Crippen LogP contribution in [0.1, 0.15) is 47.7 Å². The standard InChI is InChI=1S/C23H25FOSe/c1-3-4-17-26-18-16-23(24,15-14-20-8-6-5-7-9-20)22(25)21-12-10-19(2)11-13-21/h5-13H,3-4,16-18H2,1-2H3. The molecule has 0 aliphatic carbocycles. The number of alkyl halides is 1. The molecular formula is C23H25FOSe. The van der Waals surface area contributed by atoms with Crippen LogP contribution in [0.2, 0.25) is 10.6 Å². The molecule has 2 rings (SSSR count). The van der Waals surface area contributed by atoms with Gasteiger partial charge in [-0.1, -0.05) is 0 Å². The molecule has 136 valence electrons. The Labute approximate surface area is 162 Å². The Morgan fingerprint density at radius 3 is 2.42 bits per heavy atom. The van der Waals surface area contributed by atoms with Crippen LogP contribution in [0.3, 0.4) is 0 Å². The third-order valence-corrected chi connectivity index (χ3v) is 6.33. The summed E-state index contributed by atoms with van der Waals surface area (Å²) >= 11 is 0.356. The maximum atomic E-state index is 15.7. The van der Waals surface area contributed by atoms with E-state index in [-0.39, 0.29) is 6.42 Å². The molecule has 0 aromatic heterocycles. The Morgan fingerprint density at radius 1 is 1.08 bits per heavy atom. The topological polar surface area (TPSA) is 17.1 Å².